The van der Waals surface area contributed by atoms with E-state index in [9.17, 15) is 4.79 Å². The zero-order valence-corrected chi connectivity index (χ0v) is 12.0. The molecule has 0 amide bonds. The number of ether oxygens (including phenoxy) is 1. The molecule has 0 aliphatic carbocycles. The van der Waals surface area contributed by atoms with Gasteiger partial charge in [-0.1, -0.05) is 17.7 Å². The number of carbonyl (C=O) groups is 1. The van der Waals surface area contributed by atoms with Crippen LogP contribution in [0.2, 0.25) is 0 Å². The minimum absolute atomic E-state index is 0.249. The molecule has 0 radical (unpaired) electrons. The first-order valence-corrected chi connectivity index (χ1v) is 6.96. The lowest BCUT2D eigenvalue weighted by Crippen LogP contribution is -1.98. The highest BCUT2D eigenvalue weighted by Gasteiger charge is 2.11. The van der Waals surface area contributed by atoms with Gasteiger partial charge in [-0.3, -0.25) is 0 Å². The summed E-state index contributed by atoms with van der Waals surface area (Å²) in [6.07, 6.45) is 0. The van der Waals surface area contributed by atoms with Crippen LogP contribution in [-0.2, 0) is 10.5 Å². The smallest absolute Gasteiger partial charge is 0.373 e. The molecule has 1 aromatic heterocycles. The zero-order chi connectivity index (χ0) is 13.8. The van der Waals surface area contributed by atoms with Crippen LogP contribution < -0.4 is 0 Å². The lowest BCUT2D eigenvalue weighted by molar-refractivity contribution is 0.0563. The van der Waals surface area contributed by atoms with Crippen molar-refractivity contribution in [3.63, 3.8) is 0 Å². The van der Waals surface area contributed by atoms with Crippen molar-refractivity contribution in [1.82, 2.24) is 0 Å². The summed E-state index contributed by atoms with van der Waals surface area (Å²) in [7, 11) is 1.34. The number of hydrogen-bond donors (Lipinski definition) is 0. The van der Waals surface area contributed by atoms with Crippen molar-refractivity contribution < 1.29 is 13.9 Å². The van der Waals surface area contributed by atoms with Gasteiger partial charge in [-0.25, -0.2) is 4.79 Å². The summed E-state index contributed by atoms with van der Waals surface area (Å²) in [5.41, 5.74) is 2.48. The summed E-state index contributed by atoms with van der Waals surface area (Å²) in [6, 6.07) is 9.82. The summed E-state index contributed by atoms with van der Waals surface area (Å²) in [5, 5.41) is 0. The molecule has 19 heavy (non-hydrogen) atoms. The highest BCUT2D eigenvalue weighted by Crippen LogP contribution is 2.27. The van der Waals surface area contributed by atoms with E-state index in [4.69, 9.17) is 4.42 Å². The van der Waals surface area contributed by atoms with Crippen molar-refractivity contribution in [3.8, 4) is 0 Å². The van der Waals surface area contributed by atoms with Gasteiger partial charge >= 0.3 is 5.97 Å². The maximum absolute atomic E-state index is 11.3. The van der Waals surface area contributed by atoms with Crippen molar-refractivity contribution in [2.75, 3.05) is 7.11 Å². The van der Waals surface area contributed by atoms with E-state index in [-0.39, 0.29) is 5.76 Å². The first-order valence-electron chi connectivity index (χ1n) is 5.97. The number of esters is 1. The SMILES string of the molecule is COC(=O)c1ccc(CSc2cc(C)ccc2C)o1. The predicted molar refractivity (Wildman–Crippen MR) is 75.5 cm³/mol. The van der Waals surface area contributed by atoms with Gasteiger partial charge in [0.05, 0.1) is 12.9 Å². The average molecular weight is 276 g/mol. The molecule has 0 spiro atoms. The Kier molecular flexibility index (Phi) is 4.32. The Morgan fingerprint density at radius 1 is 1.26 bits per heavy atom. The highest BCUT2D eigenvalue weighted by atomic mass is 32.2. The van der Waals surface area contributed by atoms with Crippen molar-refractivity contribution in [3.05, 3.63) is 53.0 Å². The number of carbonyl (C=O) groups excluding carboxylic acids is 1. The first kappa shape index (κ1) is 13.7. The van der Waals surface area contributed by atoms with E-state index in [1.54, 1.807) is 17.8 Å². The van der Waals surface area contributed by atoms with Gasteiger partial charge in [0.15, 0.2) is 0 Å². The minimum Gasteiger partial charge on any atom is -0.463 e. The molecule has 1 heterocycles. The summed E-state index contributed by atoms with van der Waals surface area (Å²) in [5.74, 6) is 1.27. The van der Waals surface area contributed by atoms with Crippen LogP contribution in [-0.4, -0.2) is 13.1 Å². The van der Waals surface area contributed by atoms with Crippen molar-refractivity contribution in [2.45, 2.75) is 24.5 Å². The van der Waals surface area contributed by atoms with Crippen LogP contribution in [0.25, 0.3) is 0 Å². The summed E-state index contributed by atoms with van der Waals surface area (Å²) < 4.78 is 10.0. The molecule has 3 nitrogen and oxygen atoms in total. The number of aryl methyl sites for hydroxylation is 2. The van der Waals surface area contributed by atoms with E-state index < -0.39 is 5.97 Å². The fraction of sp³-hybridized carbons (Fsp3) is 0.267. The molecule has 1 aromatic carbocycles. The number of furan rings is 1. The minimum atomic E-state index is -0.442. The van der Waals surface area contributed by atoms with Gasteiger partial charge in [-0.2, -0.15) is 0 Å². The van der Waals surface area contributed by atoms with Gasteiger partial charge in [-0.05, 0) is 37.6 Å². The Morgan fingerprint density at radius 2 is 2.05 bits per heavy atom. The van der Waals surface area contributed by atoms with Crippen LogP contribution in [0.15, 0.2) is 39.6 Å². The Bertz CT molecular complexity index is 587. The zero-order valence-electron chi connectivity index (χ0n) is 11.2. The van der Waals surface area contributed by atoms with E-state index in [0.29, 0.717) is 5.75 Å². The Balaban J connectivity index is 2.04. The third-order valence-corrected chi connectivity index (χ3v) is 3.94. The van der Waals surface area contributed by atoms with Crippen LogP contribution in [0.1, 0.15) is 27.4 Å². The van der Waals surface area contributed by atoms with E-state index in [2.05, 4.69) is 36.8 Å². The molecule has 0 N–H and O–H groups in total. The molecule has 0 aliphatic rings. The van der Waals surface area contributed by atoms with Crippen LogP contribution in [0.4, 0.5) is 0 Å². The predicted octanol–water partition coefficient (Wildman–Crippen LogP) is 3.98. The number of methoxy groups -OCH3 is 1. The van der Waals surface area contributed by atoms with E-state index >= 15 is 0 Å². The van der Waals surface area contributed by atoms with E-state index in [1.807, 2.05) is 6.07 Å². The van der Waals surface area contributed by atoms with Gasteiger partial charge in [0.25, 0.3) is 0 Å². The maximum atomic E-state index is 11.3. The fourth-order valence-electron chi connectivity index (χ4n) is 1.68. The molecule has 0 unspecified atom stereocenters. The maximum Gasteiger partial charge on any atom is 0.373 e. The van der Waals surface area contributed by atoms with Gasteiger partial charge in [0.2, 0.25) is 5.76 Å². The standard InChI is InChI=1S/C15H16O3S/c1-10-4-5-11(2)14(8-10)19-9-12-6-7-13(18-12)15(16)17-3/h4-8H,9H2,1-3H3. The van der Waals surface area contributed by atoms with Crippen molar-refractivity contribution in [1.29, 1.82) is 0 Å². The average Bonchev–Trinajstić information content (AvgIpc) is 2.88. The van der Waals surface area contributed by atoms with Gasteiger partial charge in [0.1, 0.15) is 5.76 Å². The molecular formula is C15H16O3S. The largest absolute Gasteiger partial charge is 0.463 e. The molecule has 100 valence electrons. The second-order valence-corrected chi connectivity index (χ2v) is 5.33. The fourth-order valence-corrected chi connectivity index (χ4v) is 2.70. The molecular weight excluding hydrogens is 260 g/mol. The van der Waals surface area contributed by atoms with Crippen molar-refractivity contribution in [2.24, 2.45) is 0 Å². The van der Waals surface area contributed by atoms with Crippen LogP contribution in [0.3, 0.4) is 0 Å². The van der Waals surface area contributed by atoms with Gasteiger partial charge in [0, 0.05) is 4.90 Å². The molecule has 0 atom stereocenters. The van der Waals surface area contributed by atoms with E-state index in [0.717, 1.165) is 5.76 Å². The van der Waals surface area contributed by atoms with Crippen LogP contribution in [0.5, 0.6) is 0 Å². The lowest BCUT2D eigenvalue weighted by atomic mass is 10.2. The molecule has 0 bridgehead atoms. The molecule has 0 saturated heterocycles. The lowest BCUT2D eigenvalue weighted by Gasteiger charge is -2.05. The normalized spacial score (nSPS) is 10.5. The second-order valence-electron chi connectivity index (χ2n) is 4.32. The second kappa shape index (κ2) is 5.97. The van der Waals surface area contributed by atoms with Crippen molar-refractivity contribution >= 4 is 17.7 Å². The number of hydrogen-bond acceptors (Lipinski definition) is 4. The van der Waals surface area contributed by atoms with E-state index in [1.165, 1.54) is 23.1 Å². The molecule has 0 aliphatic heterocycles. The Morgan fingerprint density at radius 3 is 2.79 bits per heavy atom. The molecule has 2 aromatic rings. The third-order valence-electron chi connectivity index (χ3n) is 2.76. The number of thioether (sulfide) groups is 1. The topological polar surface area (TPSA) is 39.4 Å². The Hall–Kier alpha value is -1.68. The first-order chi connectivity index (χ1) is 9.10. The third kappa shape index (κ3) is 3.41. The molecule has 0 fully saturated rings. The number of rotatable bonds is 4. The Labute approximate surface area is 117 Å². The quantitative estimate of drug-likeness (QED) is 0.625. The summed E-state index contributed by atoms with van der Waals surface area (Å²) >= 11 is 1.70. The molecule has 4 heteroatoms. The summed E-state index contributed by atoms with van der Waals surface area (Å²) in [6.45, 7) is 4.16. The monoisotopic (exact) mass is 276 g/mol. The number of benzene rings is 1. The highest BCUT2D eigenvalue weighted by molar-refractivity contribution is 7.98. The van der Waals surface area contributed by atoms with Crippen LogP contribution >= 0.6 is 11.8 Å². The summed E-state index contributed by atoms with van der Waals surface area (Å²) in [4.78, 5) is 12.5. The van der Waals surface area contributed by atoms with Gasteiger partial charge < -0.3 is 9.15 Å². The molecule has 0 saturated carbocycles. The van der Waals surface area contributed by atoms with Gasteiger partial charge in [-0.15, -0.1) is 11.8 Å². The van der Waals surface area contributed by atoms with Crippen LogP contribution in [0, 0.1) is 13.8 Å². The molecule has 2 rings (SSSR count).